The molecule has 1 saturated heterocycles. The summed E-state index contributed by atoms with van der Waals surface area (Å²) in [6, 6.07) is 11.7. The molecule has 2 aromatic rings. The molecular formula is C19H24N2O3S. The Hall–Kier alpha value is -1.92. The first-order valence-electron chi connectivity index (χ1n) is 8.57. The van der Waals surface area contributed by atoms with E-state index in [0.717, 1.165) is 37.4 Å². The van der Waals surface area contributed by atoms with Crippen molar-refractivity contribution in [2.45, 2.75) is 30.3 Å². The minimum atomic E-state index is -0.0718. The Morgan fingerprint density at radius 3 is 2.92 bits per heavy atom. The van der Waals surface area contributed by atoms with E-state index in [1.807, 2.05) is 24.3 Å². The molecule has 0 saturated carbocycles. The number of benzene rings is 1. The topological polar surface area (TPSA) is 54.7 Å². The average molecular weight is 360 g/mol. The quantitative estimate of drug-likeness (QED) is 0.733. The number of hydrogen-bond acceptors (Lipinski definition) is 5. The Morgan fingerprint density at radius 2 is 2.20 bits per heavy atom. The molecule has 6 heteroatoms. The molecule has 1 atom stereocenters. The van der Waals surface area contributed by atoms with Crippen LogP contribution >= 0.6 is 11.8 Å². The van der Waals surface area contributed by atoms with Gasteiger partial charge in [-0.05, 0) is 62.0 Å². The number of thioether (sulfide) groups is 1. The highest BCUT2D eigenvalue weighted by molar-refractivity contribution is 7.98. The largest absolute Gasteiger partial charge is 0.492 e. The molecule has 1 aliphatic rings. The molecule has 2 heterocycles. The van der Waals surface area contributed by atoms with Crippen molar-refractivity contribution >= 4 is 17.7 Å². The standard InChI is InChI=1S/C19H24N2O3S/c1-25-17-8-6-15(7-9-17)24-13-11-21-10-2-5-18(21)19(22)20-14-16-4-3-12-23-16/h3-4,6-9,12,18H,2,5,10-11,13-14H2,1H3,(H,20,22)/t18-/m1/s1. The maximum atomic E-state index is 12.4. The molecule has 0 spiro atoms. The number of nitrogens with one attached hydrogen (secondary N) is 1. The van der Waals surface area contributed by atoms with Gasteiger partial charge in [0.15, 0.2) is 0 Å². The van der Waals surface area contributed by atoms with E-state index in [9.17, 15) is 4.79 Å². The van der Waals surface area contributed by atoms with Crippen molar-refractivity contribution in [2.75, 3.05) is 26.0 Å². The number of amides is 1. The van der Waals surface area contributed by atoms with E-state index in [2.05, 4.69) is 28.6 Å². The molecule has 25 heavy (non-hydrogen) atoms. The number of likely N-dealkylation sites (tertiary alicyclic amines) is 1. The van der Waals surface area contributed by atoms with E-state index >= 15 is 0 Å². The zero-order chi connectivity index (χ0) is 17.5. The molecular weight excluding hydrogens is 336 g/mol. The van der Waals surface area contributed by atoms with Gasteiger partial charge >= 0.3 is 0 Å². The third-order valence-corrected chi connectivity index (χ3v) is 5.13. The molecule has 0 unspecified atom stereocenters. The highest BCUT2D eigenvalue weighted by Gasteiger charge is 2.30. The van der Waals surface area contributed by atoms with E-state index in [1.165, 1.54) is 4.90 Å². The summed E-state index contributed by atoms with van der Waals surface area (Å²) in [6.07, 6.45) is 5.61. The summed E-state index contributed by atoms with van der Waals surface area (Å²) >= 11 is 1.71. The smallest absolute Gasteiger partial charge is 0.237 e. The van der Waals surface area contributed by atoms with Gasteiger partial charge in [-0.1, -0.05) is 0 Å². The van der Waals surface area contributed by atoms with Crippen molar-refractivity contribution in [3.05, 3.63) is 48.4 Å². The molecule has 1 aromatic heterocycles. The number of furan rings is 1. The maximum absolute atomic E-state index is 12.4. The predicted molar refractivity (Wildman–Crippen MR) is 98.9 cm³/mol. The van der Waals surface area contributed by atoms with Gasteiger partial charge in [0.2, 0.25) is 5.91 Å². The highest BCUT2D eigenvalue weighted by atomic mass is 32.2. The number of ether oxygens (including phenoxy) is 1. The van der Waals surface area contributed by atoms with Crippen LogP contribution in [0.4, 0.5) is 0 Å². The van der Waals surface area contributed by atoms with Crippen LogP contribution < -0.4 is 10.1 Å². The molecule has 3 rings (SSSR count). The Kier molecular flexibility index (Phi) is 6.42. The summed E-state index contributed by atoms with van der Waals surface area (Å²) in [7, 11) is 0. The third-order valence-electron chi connectivity index (χ3n) is 4.39. The lowest BCUT2D eigenvalue weighted by Gasteiger charge is -2.23. The second-order valence-electron chi connectivity index (χ2n) is 6.02. The zero-order valence-electron chi connectivity index (χ0n) is 14.4. The number of rotatable bonds is 8. The third kappa shape index (κ3) is 5.03. The molecule has 1 fully saturated rings. The fraction of sp³-hybridized carbons (Fsp3) is 0.421. The monoisotopic (exact) mass is 360 g/mol. The van der Waals surface area contributed by atoms with Crippen molar-refractivity contribution in [2.24, 2.45) is 0 Å². The van der Waals surface area contributed by atoms with Crippen LogP contribution in [-0.2, 0) is 11.3 Å². The number of carbonyl (C=O) groups is 1. The van der Waals surface area contributed by atoms with E-state index in [0.29, 0.717) is 13.2 Å². The van der Waals surface area contributed by atoms with E-state index in [4.69, 9.17) is 9.15 Å². The number of nitrogens with zero attached hydrogens (tertiary/aromatic N) is 1. The lowest BCUT2D eigenvalue weighted by Crippen LogP contribution is -2.44. The molecule has 134 valence electrons. The van der Waals surface area contributed by atoms with Crippen LogP contribution in [0.5, 0.6) is 5.75 Å². The van der Waals surface area contributed by atoms with Gasteiger partial charge in [-0.25, -0.2) is 0 Å². The fourth-order valence-corrected chi connectivity index (χ4v) is 3.46. The van der Waals surface area contributed by atoms with Gasteiger partial charge in [-0.3, -0.25) is 9.69 Å². The number of carbonyl (C=O) groups excluding carboxylic acids is 1. The molecule has 0 bridgehead atoms. The van der Waals surface area contributed by atoms with Gasteiger partial charge in [0.05, 0.1) is 18.8 Å². The number of hydrogen-bond donors (Lipinski definition) is 1. The van der Waals surface area contributed by atoms with Crippen LogP contribution in [0.3, 0.4) is 0 Å². The van der Waals surface area contributed by atoms with Crippen LogP contribution in [0, 0.1) is 0 Å². The summed E-state index contributed by atoms with van der Waals surface area (Å²) in [5.41, 5.74) is 0. The van der Waals surface area contributed by atoms with Crippen LogP contribution in [0.15, 0.2) is 52.0 Å². The molecule has 5 nitrogen and oxygen atoms in total. The van der Waals surface area contributed by atoms with Crippen molar-refractivity contribution < 1.29 is 13.9 Å². The molecule has 1 aromatic carbocycles. The van der Waals surface area contributed by atoms with Gasteiger partial charge in [0, 0.05) is 11.4 Å². The van der Waals surface area contributed by atoms with E-state index in [1.54, 1.807) is 18.0 Å². The second-order valence-corrected chi connectivity index (χ2v) is 6.89. The Balaban J connectivity index is 1.43. The molecule has 0 aliphatic carbocycles. The van der Waals surface area contributed by atoms with Gasteiger partial charge in [-0.15, -0.1) is 11.8 Å². The average Bonchev–Trinajstić information content (AvgIpc) is 3.32. The molecule has 1 N–H and O–H groups in total. The zero-order valence-corrected chi connectivity index (χ0v) is 15.3. The summed E-state index contributed by atoms with van der Waals surface area (Å²) < 4.78 is 11.1. The minimum absolute atomic E-state index is 0.0678. The van der Waals surface area contributed by atoms with Crippen LogP contribution in [-0.4, -0.2) is 42.8 Å². The Bertz CT molecular complexity index is 658. The van der Waals surface area contributed by atoms with Crippen molar-refractivity contribution in [1.82, 2.24) is 10.2 Å². The van der Waals surface area contributed by atoms with Crippen LogP contribution in [0.25, 0.3) is 0 Å². The second kappa shape index (κ2) is 8.97. The Labute approximate surface area is 152 Å². The predicted octanol–water partition coefficient (Wildman–Crippen LogP) is 3.16. The minimum Gasteiger partial charge on any atom is -0.492 e. The van der Waals surface area contributed by atoms with Gasteiger partial charge in [-0.2, -0.15) is 0 Å². The highest BCUT2D eigenvalue weighted by Crippen LogP contribution is 2.20. The van der Waals surface area contributed by atoms with Gasteiger partial charge in [0.25, 0.3) is 0 Å². The van der Waals surface area contributed by atoms with Crippen LogP contribution in [0.1, 0.15) is 18.6 Å². The molecule has 1 aliphatic heterocycles. The van der Waals surface area contributed by atoms with E-state index < -0.39 is 0 Å². The van der Waals surface area contributed by atoms with Gasteiger partial charge < -0.3 is 14.5 Å². The van der Waals surface area contributed by atoms with E-state index in [-0.39, 0.29) is 11.9 Å². The summed E-state index contributed by atoms with van der Waals surface area (Å²) in [6.45, 7) is 2.71. The van der Waals surface area contributed by atoms with Crippen molar-refractivity contribution in [1.29, 1.82) is 0 Å². The first-order valence-corrected chi connectivity index (χ1v) is 9.80. The lowest BCUT2D eigenvalue weighted by molar-refractivity contribution is -0.125. The fourth-order valence-electron chi connectivity index (χ4n) is 3.05. The SMILES string of the molecule is CSc1ccc(OCCN2CCC[C@@H]2C(=O)NCc2ccco2)cc1. The van der Waals surface area contributed by atoms with Crippen molar-refractivity contribution in [3.63, 3.8) is 0 Å². The van der Waals surface area contributed by atoms with Gasteiger partial charge in [0.1, 0.15) is 18.1 Å². The summed E-state index contributed by atoms with van der Waals surface area (Å²) in [5.74, 6) is 1.71. The molecule has 0 radical (unpaired) electrons. The first-order chi connectivity index (χ1) is 12.3. The van der Waals surface area contributed by atoms with Crippen LogP contribution in [0.2, 0.25) is 0 Å². The summed E-state index contributed by atoms with van der Waals surface area (Å²) in [4.78, 5) is 15.8. The van der Waals surface area contributed by atoms with Crippen molar-refractivity contribution in [3.8, 4) is 5.75 Å². The normalized spacial score (nSPS) is 17.6. The Morgan fingerprint density at radius 1 is 1.36 bits per heavy atom. The lowest BCUT2D eigenvalue weighted by atomic mass is 10.2. The maximum Gasteiger partial charge on any atom is 0.237 e. The first kappa shape index (κ1) is 17.9. The molecule has 1 amide bonds. The summed E-state index contributed by atoms with van der Waals surface area (Å²) in [5, 5.41) is 2.96.